The molecule has 0 unspecified atom stereocenters. The number of carbonyl (C=O) groups excluding carboxylic acids is 1. The van der Waals surface area contributed by atoms with Gasteiger partial charge in [-0.15, -0.1) is 18.3 Å². The molecule has 0 aromatic rings. The lowest BCUT2D eigenvalue weighted by molar-refractivity contribution is -0.119. The van der Waals surface area contributed by atoms with Crippen LogP contribution >= 0.6 is 11.8 Å². The number of hydrogen-bond acceptors (Lipinski definition) is 2. The van der Waals surface area contributed by atoms with Gasteiger partial charge in [-0.05, 0) is 20.8 Å². The second-order valence-corrected chi connectivity index (χ2v) is 4.63. The van der Waals surface area contributed by atoms with Crippen LogP contribution in [0.4, 0.5) is 0 Å². The van der Waals surface area contributed by atoms with Crippen molar-refractivity contribution in [3.05, 3.63) is 12.7 Å². The molecule has 0 aliphatic rings. The first-order valence-electron chi connectivity index (χ1n) is 3.95. The summed E-state index contributed by atoms with van der Waals surface area (Å²) in [7, 11) is 0. The van der Waals surface area contributed by atoms with Crippen molar-refractivity contribution in [1.29, 1.82) is 0 Å². The molecular formula is C9H17NOS. The zero-order valence-electron chi connectivity index (χ0n) is 8.02. The molecule has 0 radical (unpaired) electrons. The fourth-order valence-electron chi connectivity index (χ4n) is 0.689. The van der Waals surface area contributed by atoms with E-state index in [0.29, 0.717) is 5.75 Å². The molecule has 1 N–H and O–H groups in total. The molecule has 0 heterocycles. The number of thioether (sulfide) groups is 1. The summed E-state index contributed by atoms with van der Waals surface area (Å²) in [4.78, 5) is 11.2. The van der Waals surface area contributed by atoms with Crippen molar-refractivity contribution in [2.75, 3.05) is 11.5 Å². The second kappa shape index (κ2) is 5.25. The van der Waals surface area contributed by atoms with Gasteiger partial charge >= 0.3 is 0 Å². The second-order valence-electron chi connectivity index (χ2n) is 3.60. The van der Waals surface area contributed by atoms with Gasteiger partial charge in [0.05, 0.1) is 5.75 Å². The average molecular weight is 187 g/mol. The van der Waals surface area contributed by atoms with Crippen LogP contribution in [0.2, 0.25) is 0 Å². The highest BCUT2D eigenvalue weighted by Gasteiger charge is 2.12. The third-order valence-electron chi connectivity index (χ3n) is 0.983. The van der Waals surface area contributed by atoms with Crippen LogP contribution in [0, 0.1) is 0 Å². The molecule has 2 nitrogen and oxygen atoms in total. The van der Waals surface area contributed by atoms with E-state index in [9.17, 15) is 4.79 Å². The van der Waals surface area contributed by atoms with Gasteiger partial charge in [-0.3, -0.25) is 4.79 Å². The van der Waals surface area contributed by atoms with Gasteiger partial charge < -0.3 is 5.32 Å². The van der Waals surface area contributed by atoms with Gasteiger partial charge in [-0.25, -0.2) is 0 Å². The summed E-state index contributed by atoms with van der Waals surface area (Å²) in [6.45, 7) is 9.51. The Morgan fingerprint density at radius 3 is 2.58 bits per heavy atom. The molecule has 0 aromatic carbocycles. The first-order valence-corrected chi connectivity index (χ1v) is 5.11. The number of amides is 1. The van der Waals surface area contributed by atoms with Gasteiger partial charge in [-0.2, -0.15) is 0 Å². The van der Waals surface area contributed by atoms with Gasteiger partial charge in [0.15, 0.2) is 0 Å². The number of nitrogens with one attached hydrogen (secondary N) is 1. The third-order valence-corrected chi connectivity index (χ3v) is 1.92. The SMILES string of the molecule is C=CCSCC(=O)NC(C)(C)C. The van der Waals surface area contributed by atoms with Gasteiger partial charge in [0.2, 0.25) is 5.91 Å². The third kappa shape index (κ3) is 7.66. The summed E-state index contributed by atoms with van der Waals surface area (Å²) >= 11 is 1.57. The van der Waals surface area contributed by atoms with Gasteiger partial charge in [0.25, 0.3) is 0 Å². The summed E-state index contributed by atoms with van der Waals surface area (Å²) in [5, 5.41) is 2.88. The zero-order valence-corrected chi connectivity index (χ0v) is 8.83. The maximum atomic E-state index is 11.2. The quantitative estimate of drug-likeness (QED) is 0.537. The highest BCUT2D eigenvalue weighted by molar-refractivity contribution is 8.00. The van der Waals surface area contributed by atoms with Crippen molar-refractivity contribution in [3.63, 3.8) is 0 Å². The van der Waals surface area contributed by atoms with Crippen molar-refractivity contribution < 1.29 is 4.79 Å². The van der Waals surface area contributed by atoms with Crippen LogP contribution in [0.1, 0.15) is 20.8 Å². The molecule has 0 fully saturated rings. The van der Waals surface area contributed by atoms with Crippen LogP contribution in [0.15, 0.2) is 12.7 Å². The van der Waals surface area contributed by atoms with E-state index in [2.05, 4.69) is 11.9 Å². The maximum absolute atomic E-state index is 11.2. The fourth-order valence-corrected chi connectivity index (χ4v) is 1.23. The van der Waals surface area contributed by atoms with E-state index < -0.39 is 0 Å². The van der Waals surface area contributed by atoms with E-state index in [1.807, 2.05) is 20.8 Å². The topological polar surface area (TPSA) is 29.1 Å². The minimum Gasteiger partial charge on any atom is -0.351 e. The summed E-state index contributed by atoms with van der Waals surface area (Å²) in [5.41, 5.74) is -0.119. The Morgan fingerprint density at radius 1 is 1.58 bits per heavy atom. The van der Waals surface area contributed by atoms with E-state index >= 15 is 0 Å². The lowest BCUT2D eigenvalue weighted by atomic mass is 10.1. The summed E-state index contributed by atoms with van der Waals surface area (Å²) in [6.07, 6.45) is 1.80. The van der Waals surface area contributed by atoms with Crippen molar-refractivity contribution in [2.24, 2.45) is 0 Å². The van der Waals surface area contributed by atoms with Crippen LogP contribution < -0.4 is 5.32 Å². The number of hydrogen-bond donors (Lipinski definition) is 1. The average Bonchev–Trinajstić information content (AvgIpc) is 1.84. The molecule has 0 atom stereocenters. The fraction of sp³-hybridized carbons (Fsp3) is 0.667. The summed E-state index contributed by atoms with van der Waals surface area (Å²) in [5.74, 6) is 1.44. The molecule has 0 aromatic heterocycles. The smallest absolute Gasteiger partial charge is 0.230 e. The Morgan fingerprint density at radius 2 is 2.17 bits per heavy atom. The molecule has 1 amide bonds. The first kappa shape index (κ1) is 11.6. The number of rotatable bonds is 4. The Bertz CT molecular complexity index is 160. The largest absolute Gasteiger partial charge is 0.351 e. The lowest BCUT2D eigenvalue weighted by Gasteiger charge is -2.20. The Balaban J connectivity index is 3.53. The zero-order chi connectivity index (χ0) is 9.61. The van der Waals surface area contributed by atoms with Crippen molar-refractivity contribution in [1.82, 2.24) is 5.32 Å². The van der Waals surface area contributed by atoms with Crippen LogP contribution in [-0.4, -0.2) is 23.0 Å². The minimum absolute atomic E-state index is 0.0920. The van der Waals surface area contributed by atoms with Crippen LogP contribution in [0.3, 0.4) is 0 Å². The highest BCUT2D eigenvalue weighted by Crippen LogP contribution is 2.02. The summed E-state index contributed by atoms with van der Waals surface area (Å²) in [6, 6.07) is 0. The predicted molar refractivity (Wildman–Crippen MR) is 55.4 cm³/mol. The molecular weight excluding hydrogens is 170 g/mol. The highest BCUT2D eigenvalue weighted by atomic mass is 32.2. The van der Waals surface area contributed by atoms with Crippen molar-refractivity contribution in [2.45, 2.75) is 26.3 Å². The van der Waals surface area contributed by atoms with Crippen molar-refractivity contribution >= 4 is 17.7 Å². The minimum atomic E-state index is -0.119. The van der Waals surface area contributed by atoms with Crippen LogP contribution in [0.25, 0.3) is 0 Å². The monoisotopic (exact) mass is 187 g/mol. The van der Waals surface area contributed by atoms with E-state index in [1.54, 1.807) is 17.8 Å². The standard InChI is InChI=1S/C9H17NOS/c1-5-6-12-7-8(11)10-9(2,3)4/h5H,1,6-7H2,2-4H3,(H,10,11). The Labute approximate surface area is 78.8 Å². The van der Waals surface area contributed by atoms with Crippen LogP contribution in [0.5, 0.6) is 0 Å². The van der Waals surface area contributed by atoms with Gasteiger partial charge in [-0.1, -0.05) is 6.08 Å². The van der Waals surface area contributed by atoms with Gasteiger partial charge in [0, 0.05) is 11.3 Å². The van der Waals surface area contributed by atoms with E-state index in [1.165, 1.54) is 0 Å². The molecule has 0 saturated heterocycles. The predicted octanol–water partition coefficient (Wildman–Crippen LogP) is 1.82. The summed E-state index contributed by atoms with van der Waals surface area (Å²) < 4.78 is 0. The molecule has 3 heteroatoms. The maximum Gasteiger partial charge on any atom is 0.230 e. The van der Waals surface area contributed by atoms with E-state index in [-0.39, 0.29) is 11.4 Å². The van der Waals surface area contributed by atoms with Gasteiger partial charge in [0.1, 0.15) is 0 Å². The van der Waals surface area contributed by atoms with E-state index in [0.717, 1.165) is 5.75 Å². The Kier molecular flexibility index (Phi) is 5.06. The lowest BCUT2D eigenvalue weighted by Crippen LogP contribution is -2.41. The van der Waals surface area contributed by atoms with Crippen LogP contribution in [-0.2, 0) is 4.79 Å². The van der Waals surface area contributed by atoms with Crippen molar-refractivity contribution in [3.8, 4) is 0 Å². The molecule has 0 aliphatic carbocycles. The van der Waals surface area contributed by atoms with E-state index in [4.69, 9.17) is 0 Å². The molecule has 0 aliphatic heterocycles. The molecule has 0 bridgehead atoms. The molecule has 12 heavy (non-hydrogen) atoms. The Hall–Kier alpha value is -0.440. The molecule has 0 spiro atoms. The molecule has 0 rings (SSSR count). The molecule has 70 valence electrons. The first-order chi connectivity index (χ1) is 5.45. The normalized spacial score (nSPS) is 10.9. The number of carbonyl (C=O) groups is 1. The molecule has 0 saturated carbocycles.